The van der Waals surface area contributed by atoms with Crippen molar-refractivity contribution in [2.75, 3.05) is 26.4 Å². The number of ether oxygens (including phenoxy) is 2. The number of aryl methyl sites for hydroxylation is 1. The highest BCUT2D eigenvalue weighted by molar-refractivity contribution is 5.79. The van der Waals surface area contributed by atoms with Crippen LogP contribution < -0.4 is 10.1 Å². The molecule has 0 saturated carbocycles. The predicted octanol–water partition coefficient (Wildman–Crippen LogP) is 4.49. The van der Waals surface area contributed by atoms with Gasteiger partial charge in [-0.2, -0.15) is 0 Å². The van der Waals surface area contributed by atoms with Crippen molar-refractivity contribution in [3.05, 3.63) is 53.9 Å². The maximum atomic E-state index is 12.1. The van der Waals surface area contributed by atoms with Gasteiger partial charge < -0.3 is 19.3 Å². The Bertz CT molecular complexity index is 1010. The summed E-state index contributed by atoms with van der Waals surface area (Å²) in [5, 5.41) is 8.13. The van der Waals surface area contributed by atoms with Crippen LogP contribution in [-0.2, 0) is 22.4 Å². The van der Waals surface area contributed by atoms with E-state index in [0.717, 1.165) is 74.8 Å². The van der Waals surface area contributed by atoms with Crippen molar-refractivity contribution in [3.63, 3.8) is 0 Å². The van der Waals surface area contributed by atoms with E-state index in [2.05, 4.69) is 21.5 Å². The smallest absolute Gasteiger partial charge is 0.226 e. The molecule has 1 unspecified atom stereocenters. The number of nitrogens with one attached hydrogen (secondary N) is 1. The number of nitrogens with zero attached hydrogens (tertiary/aromatic N) is 2. The minimum atomic E-state index is -0.0112. The quantitative estimate of drug-likeness (QED) is 0.385. The molecule has 7 heteroatoms. The number of unbranched alkanes of at least 4 members (excludes halogenated alkanes) is 4. The summed E-state index contributed by atoms with van der Waals surface area (Å²) in [4.78, 5) is 16.6. The highest BCUT2D eigenvalue weighted by Gasteiger charge is 2.17. The molecule has 1 aliphatic heterocycles. The third kappa shape index (κ3) is 7.56. The largest absolute Gasteiger partial charge is 0.478 e. The zero-order chi connectivity index (χ0) is 22.7. The van der Waals surface area contributed by atoms with Crippen LogP contribution in [0.25, 0.3) is 10.9 Å². The third-order valence-electron chi connectivity index (χ3n) is 5.95. The van der Waals surface area contributed by atoms with E-state index in [0.29, 0.717) is 30.6 Å². The molecule has 1 N–H and O–H groups in total. The number of benzene rings is 1. The van der Waals surface area contributed by atoms with Crippen molar-refractivity contribution in [2.24, 2.45) is 5.92 Å². The fraction of sp³-hybridized carbons (Fsp3) is 0.500. The van der Waals surface area contributed by atoms with Crippen LogP contribution in [-0.4, -0.2) is 42.4 Å². The Morgan fingerprint density at radius 2 is 1.97 bits per heavy atom. The number of hydrogen-bond donors (Lipinski definition) is 1. The minimum absolute atomic E-state index is 0.0112. The first kappa shape index (κ1) is 23.2. The Morgan fingerprint density at radius 1 is 1.09 bits per heavy atom. The molecule has 2 aromatic heterocycles. The Kier molecular flexibility index (Phi) is 8.69. The van der Waals surface area contributed by atoms with E-state index in [-0.39, 0.29) is 12.3 Å². The monoisotopic (exact) mass is 451 g/mol. The molecule has 0 bridgehead atoms. The molecule has 7 nitrogen and oxygen atoms in total. The van der Waals surface area contributed by atoms with Crippen molar-refractivity contribution in [1.82, 2.24) is 15.5 Å². The molecule has 1 atom stereocenters. The topological polar surface area (TPSA) is 86.5 Å². The standard InChI is InChI=1S/C26H33N3O4/c30-25(27-18-20-13-15-31-19-20)17-22-16-23(33-29-22)9-4-2-1-3-7-14-32-26-12-11-21-8-5-6-10-24(21)28-26/h5-6,8,10-12,16,20H,1-4,7,9,13-15,17-19H2,(H,27,30). The molecule has 0 spiro atoms. The van der Waals surface area contributed by atoms with E-state index in [4.69, 9.17) is 14.0 Å². The van der Waals surface area contributed by atoms with E-state index in [1.165, 1.54) is 0 Å². The Hall–Kier alpha value is -2.93. The molecule has 1 aromatic carbocycles. The molecule has 1 aliphatic rings. The summed E-state index contributed by atoms with van der Waals surface area (Å²) in [6, 6.07) is 13.9. The lowest BCUT2D eigenvalue weighted by atomic mass is 10.1. The Balaban J connectivity index is 1.03. The predicted molar refractivity (Wildman–Crippen MR) is 126 cm³/mol. The molecule has 3 aromatic rings. The van der Waals surface area contributed by atoms with Crippen LogP contribution in [0.4, 0.5) is 0 Å². The summed E-state index contributed by atoms with van der Waals surface area (Å²) >= 11 is 0. The number of hydrogen-bond acceptors (Lipinski definition) is 6. The molecule has 176 valence electrons. The second-order valence-electron chi connectivity index (χ2n) is 8.70. The van der Waals surface area contributed by atoms with Gasteiger partial charge in [0.1, 0.15) is 5.76 Å². The van der Waals surface area contributed by atoms with Gasteiger partial charge in [0.25, 0.3) is 0 Å². The first-order chi connectivity index (χ1) is 16.3. The van der Waals surface area contributed by atoms with Crippen LogP contribution in [0.2, 0.25) is 0 Å². The molecule has 1 amide bonds. The Morgan fingerprint density at radius 3 is 2.88 bits per heavy atom. The zero-order valence-corrected chi connectivity index (χ0v) is 19.1. The van der Waals surface area contributed by atoms with Crippen LogP contribution in [0.3, 0.4) is 0 Å². The second kappa shape index (κ2) is 12.3. The number of amides is 1. The number of fused-ring (bicyclic) bond motifs is 1. The van der Waals surface area contributed by atoms with Gasteiger partial charge in [-0.1, -0.05) is 42.6 Å². The lowest BCUT2D eigenvalue weighted by molar-refractivity contribution is -0.120. The first-order valence-electron chi connectivity index (χ1n) is 12.0. The van der Waals surface area contributed by atoms with E-state index in [1.54, 1.807) is 0 Å². The minimum Gasteiger partial charge on any atom is -0.478 e. The fourth-order valence-corrected chi connectivity index (χ4v) is 4.02. The van der Waals surface area contributed by atoms with E-state index >= 15 is 0 Å². The summed E-state index contributed by atoms with van der Waals surface area (Å²) in [6.07, 6.45) is 7.62. The molecule has 3 heterocycles. The van der Waals surface area contributed by atoms with Gasteiger partial charge in [-0.05, 0) is 31.4 Å². The normalized spacial score (nSPS) is 15.7. The number of carbonyl (C=O) groups is 1. The highest BCUT2D eigenvalue weighted by Crippen LogP contribution is 2.17. The molecule has 1 saturated heterocycles. The number of carbonyl (C=O) groups excluding carboxylic acids is 1. The fourth-order valence-electron chi connectivity index (χ4n) is 4.02. The average Bonchev–Trinajstić information content (AvgIpc) is 3.51. The van der Waals surface area contributed by atoms with Gasteiger partial charge in [-0.25, -0.2) is 4.98 Å². The molecular weight excluding hydrogens is 418 g/mol. The molecule has 1 fully saturated rings. The van der Waals surface area contributed by atoms with Crippen LogP contribution in [0.1, 0.15) is 50.0 Å². The summed E-state index contributed by atoms with van der Waals surface area (Å²) < 4.78 is 16.5. The number of rotatable bonds is 13. The van der Waals surface area contributed by atoms with Crippen molar-refractivity contribution < 1.29 is 18.8 Å². The van der Waals surface area contributed by atoms with Crippen LogP contribution in [0.5, 0.6) is 5.88 Å². The third-order valence-corrected chi connectivity index (χ3v) is 5.95. The van der Waals surface area contributed by atoms with E-state index in [1.807, 2.05) is 36.4 Å². The van der Waals surface area contributed by atoms with Gasteiger partial charge in [0, 0.05) is 43.0 Å². The van der Waals surface area contributed by atoms with Gasteiger partial charge in [-0.15, -0.1) is 0 Å². The lowest BCUT2D eigenvalue weighted by Gasteiger charge is -2.08. The van der Waals surface area contributed by atoms with Crippen molar-refractivity contribution >= 4 is 16.8 Å². The van der Waals surface area contributed by atoms with Gasteiger partial charge in [0.2, 0.25) is 11.8 Å². The maximum absolute atomic E-state index is 12.1. The summed E-state index contributed by atoms with van der Waals surface area (Å²) in [5.41, 5.74) is 1.66. The maximum Gasteiger partial charge on any atom is 0.226 e. The number of pyridine rings is 1. The second-order valence-corrected chi connectivity index (χ2v) is 8.70. The van der Waals surface area contributed by atoms with Crippen molar-refractivity contribution in [3.8, 4) is 5.88 Å². The van der Waals surface area contributed by atoms with Crippen LogP contribution in [0.15, 0.2) is 47.0 Å². The SMILES string of the molecule is O=C(Cc1cc(CCCCCCCOc2ccc3ccccc3n2)on1)NCC1CCOC1. The van der Waals surface area contributed by atoms with Gasteiger partial charge in [-0.3, -0.25) is 4.79 Å². The average molecular weight is 452 g/mol. The summed E-state index contributed by atoms with van der Waals surface area (Å²) in [6.45, 7) is 2.90. The first-order valence-corrected chi connectivity index (χ1v) is 12.0. The van der Waals surface area contributed by atoms with Gasteiger partial charge >= 0.3 is 0 Å². The summed E-state index contributed by atoms with van der Waals surface area (Å²) in [7, 11) is 0. The number of para-hydroxylation sites is 1. The van der Waals surface area contributed by atoms with E-state index < -0.39 is 0 Å². The highest BCUT2D eigenvalue weighted by atomic mass is 16.5. The van der Waals surface area contributed by atoms with Crippen LogP contribution >= 0.6 is 0 Å². The lowest BCUT2D eigenvalue weighted by Crippen LogP contribution is -2.30. The van der Waals surface area contributed by atoms with E-state index in [9.17, 15) is 4.79 Å². The molecule has 4 rings (SSSR count). The van der Waals surface area contributed by atoms with Gasteiger partial charge in [0.15, 0.2) is 0 Å². The van der Waals surface area contributed by atoms with Crippen LogP contribution in [0, 0.1) is 5.92 Å². The van der Waals surface area contributed by atoms with Crippen molar-refractivity contribution in [1.29, 1.82) is 0 Å². The molecular formula is C26H33N3O4. The Labute approximate surface area is 194 Å². The zero-order valence-electron chi connectivity index (χ0n) is 19.1. The molecule has 33 heavy (non-hydrogen) atoms. The molecule has 0 aliphatic carbocycles. The number of aromatic nitrogens is 2. The van der Waals surface area contributed by atoms with Gasteiger partial charge in [0.05, 0.1) is 30.8 Å². The van der Waals surface area contributed by atoms with Crippen molar-refractivity contribution in [2.45, 2.75) is 51.4 Å². The molecule has 0 radical (unpaired) electrons. The summed E-state index contributed by atoms with van der Waals surface area (Å²) in [5.74, 6) is 1.97.